The number of hydrogen-bond donors (Lipinski definition) is 2. The van der Waals surface area contributed by atoms with Crippen LogP contribution in [0.2, 0.25) is 0 Å². The van der Waals surface area contributed by atoms with Crippen LogP contribution in [0.25, 0.3) is 0 Å². The Balaban J connectivity index is 1.75. The van der Waals surface area contributed by atoms with Crippen LogP contribution in [0, 0.1) is 0 Å². The van der Waals surface area contributed by atoms with Crippen molar-refractivity contribution in [3.05, 3.63) is 30.1 Å². The standard InChI is InChI=1S/C12H18N2O2/c15-12(4-7-16-8-5-12)10-13-9-11-3-1-2-6-14-11/h1-3,6,13,15H,4-5,7-10H2. The van der Waals surface area contributed by atoms with Crippen molar-refractivity contribution < 1.29 is 9.84 Å². The van der Waals surface area contributed by atoms with Crippen LogP contribution in [-0.2, 0) is 11.3 Å². The fraction of sp³-hybridized carbons (Fsp3) is 0.583. The monoisotopic (exact) mass is 222 g/mol. The lowest BCUT2D eigenvalue weighted by Crippen LogP contribution is -2.44. The van der Waals surface area contributed by atoms with E-state index >= 15 is 0 Å². The van der Waals surface area contributed by atoms with E-state index in [1.54, 1.807) is 6.20 Å². The minimum absolute atomic E-state index is 0.604. The molecule has 1 aromatic rings. The molecule has 16 heavy (non-hydrogen) atoms. The molecule has 0 radical (unpaired) electrons. The van der Waals surface area contributed by atoms with Gasteiger partial charge in [0.05, 0.1) is 11.3 Å². The molecule has 0 unspecified atom stereocenters. The van der Waals surface area contributed by atoms with Gasteiger partial charge in [0.15, 0.2) is 0 Å². The third-order valence-electron chi connectivity index (χ3n) is 2.91. The van der Waals surface area contributed by atoms with Gasteiger partial charge in [-0.25, -0.2) is 0 Å². The molecule has 0 atom stereocenters. The van der Waals surface area contributed by atoms with Crippen molar-refractivity contribution in [1.82, 2.24) is 10.3 Å². The minimum atomic E-state index is -0.604. The van der Waals surface area contributed by atoms with E-state index < -0.39 is 5.60 Å². The van der Waals surface area contributed by atoms with Gasteiger partial charge in [-0.15, -0.1) is 0 Å². The maximum absolute atomic E-state index is 10.2. The number of hydrogen-bond acceptors (Lipinski definition) is 4. The Morgan fingerprint density at radius 3 is 2.88 bits per heavy atom. The van der Waals surface area contributed by atoms with E-state index in [1.165, 1.54) is 0 Å². The maximum Gasteiger partial charge on any atom is 0.0815 e. The van der Waals surface area contributed by atoms with Crippen LogP contribution in [0.15, 0.2) is 24.4 Å². The fourth-order valence-electron chi connectivity index (χ4n) is 1.85. The molecular weight excluding hydrogens is 204 g/mol. The molecule has 0 saturated carbocycles. The van der Waals surface area contributed by atoms with Gasteiger partial charge >= 0.3 is 0 Å². The molecule has 0 aliphatic carbocycles. The average molecular weight is 222 g/mol. The molecule has 88 valence electrons. The van der Waals surface area contributed by atoms with Gasteiger partial charge in [-0.05, 0) is 12.1 Å². The summed E-state index contributed by atoms with van der Waals surface area (Å²) < 4.78 is 5.23. The molecule has 2 N–H and O–H groups in total. The highest BCUT2D eigenvalue weighted by atomic mass is 16.5. The minimum Gasteiger partial charge on any atom is -0.388 e. The van der Waals surface area contributed by atoms with Gasteiger partial charge in [0.1, 0.15) is 0 Å². The van der Waals surface area contributed by atoms with Gasteiger partial charge in [0.25, 0.3) is 0 Å². The number of pyridine rings is 1. The zero-order chi connectivity index (χ0) is 11.3. The first-order valence-corrected chi connectivity index (χ1v) is 5.69. The topological polar surface area (TPSA) is 54.4 Å². The Labute approximate surface area is 95.7 Å². The molecule has 1 aromatic heterocycles. The summed E-state index contributed by atoms with van der Waals surface area (Å²) in [5, 5.41) is 13.4. The van der Waals surface area contributed by atoms with E-state index in [9.17, 15) is 5.11 Å². The lowest BCUT2D eigenvalue weighted by atomic mass is 9.94. The zero-order valence-electron chi connectivity index (χ0n) is 9.35. The Kier molecular flexibility index (Phi) is 3.88. The van der Waals surface area contributed by atoms with Crippen molar-refractivity contribution in [1.29, 1.82) is 0 Å². The Morgan fingerprint density at radius 2 is 2.19 bits per heavy atom. The lowest BCUT2D eigenvalue weighted by Gasteiger charge is -2.32. The molecule has 4 heteroatoms. The molecule has 2 heterocycles. The third kappa shape index (κ3) is 3.27. The molecule has 1 saturated heterocycles. The SMILES string of the molecule is OC1(CNCc2ccccn2)CCOCC1. The second-order valence-corrected chi connectivity index (χ2v) is 4.26. The molecule has 2 rings (SSSR count). The largest absolute Gasteiger partial charge is 0.388 e. The van der Waals surface area contributed by atoms with Gasteiger partial charge < -0.3 is 15.2 Å². The maximum atomic E-state index is 10.2. The van der Waals surface area contributed by atoms with E-state index in [-0.39, 0.29) is 0 Å². The second-order valence-electron chi connectivity index (χ2n) is 4.26. The highest BCUT2D eigenvalue weighted by Crippen LogP contribution is 2.19. The molecule has 1 aliphatic heterocycles. The molecule has 4 nitrogen and oxygen atoms in total. The number of aliphatic hydroxyl groups is 1. The molecule has 1 fully saturated rings. The average Bonchev–Trinajstić information content (AvgIpc) is 2.31. The van der Waals surface area contributed by atoms with Crippen molar-refractivity contribution in [2.75, 3.05) is 19.8 Å². The Hall–Kier alpha value is -0.970. The normalized spacial score (nSPS) is 19.6. The second kappa shape index (κ2) is 5.39. The van der Waals surface area contributed by atoms with Crippen molar-refractivity contribution >= 4 is 0 Å². The highest BCUT2D eigenvalue weighted by Gasteiger charge is 2.28. The predicted octanol–water partition coefficient (Wildman–Crippen LogP) is 0.713. The van der Waals surface area contributed by atoms with Gasteiger partial charge in [-0.1, -0.05) is 6.07 Å². The van der Waals surface area contributed by atoms with Gasteiger partial charge in [-0.2, -0.15) is 0 Å². The number of ether oxygens (including phenoxy) is 1. The number of aromatic nitrogens is 1. The summed E-state index contributed by atoms with van der Waals surface area (Å²) in [6, 6.07) is 5.84. The van der Waals surface area contributed by atoms with E-state index in [1.807, 2.05) is 18.2 Å². The Bertz CT molecular complexity index is 310. The van der Waals surface area contributed by atoms with E-state index in [2.05, 4.69) is 10.3 Å². The fourth-order valence-corrected chi connectivity index (χ4v) is 1.85. The van der Waals surface area contributed by atoms with Crippen LogP contribution in [0.3, 0.4) is 0 Å². The van der Waals surface area contributed by atoms with E-state index in [0.717, 1.165) is 5.69 Å². The van der Waals surface area contributed by atoms with Crippen LogP contribution in [0.1, 0.15) is 18.5 Å². The number of rotatable bonds is 4. The van der Waals surface area contributed by atoms with E-state index in [0.29, 0.717) is 39.1 Å². The summed E-state index contributed by atoms with van der Waals surface area (Å²) in [5.74, 6) is 0. The molecule has 1 aliphatic rings. The lowest BCUT2D eigenvalue weighted by molar-refractivity contribution is -0.0617. The van der Waals surface area contributed by atoms with Crippen LogP contribution >= 0.6 is 0 Å². The molecule has 0 aromatic carbocycles. The van der Waals surface area contributed by atoms with Gasteiger partial charge in [0, 0.05) is 45.3 Å². The summed E-state index contributed by atoms with van der Waals surface area (Å²) in [4.78, 5) is 4.22. The van der Waals surface area contributed by atoms with Crippen LogP contribution in [-0.4, -0.2) is 35.5 Å². The Morgan fingerprint density at radius 1 is 1.38 bits per heavy atom. The van der Waals surface area contributed by atoms with Crippen molar-refractivity contribution in [3.8, 4) is 0 Å². The van der Waals surface area contributed by atoms with Crippen LogP contribution in [0.4, 0.5) is 0 Å². The first-order valence-electron chi connectivity index (χ1n) is 5.69. The molecule has 0 amide bonds. The van der Waals surface area contributed by atoms with Crippen molar-refractivity contribution in [2.24, 2.45) is 0 Å². The third-order valence-corrected chi connectivity index (χ3v) is 2.91. The summed E-state index contributed by atoms with van der Waals surface area (Å²) >= 11 is 0. The van der Waals surface area contributed by atoms with Gasteiger partial charge in [0.2, 0.25) is 0 Å². The van der Waals surface area contributed by atoms with Crippen molar-refractivity contribution in [3.63, 3.8) is 0 Å². The quantitative estimate of drug-likeness (QED) is 0.788. The molecule has 0 spiro atoms. The summed E-state index contributed by atoms with van der Waals surface area (Å²) in [5.41, 5.74) is 0.394. The summed E-state index contributed by atoms with van der Waals surface area (Å²) in [6.07, 6.45) is 3.20. The van der Waals surface area contributed by atoms with Crippen LogP contribution < -0.4 is 5.32 Å². The zero-order valence-corrected chi connectivity index (χ0v) is 9.35. The van der Waals surface area contributed by atoms with Crippen molar-refractivity contribution in [2.45, 2.75) is 25.0 Å². The number of nitrogens with one attached hydrogen (secondary N) is 1. The first-order chi connectivity index (χ1) is 7.79. The van der Waals surface area contributed by atoms with E-state index in [4.69, 9.17) is 4.74 Å². The number of nitrogens with zero attached hydrogens (tertiary/aromatic N) is 1. The van der Waals surface area contributed by atoms with Gasteiger partial charge in [-0.3, -0.25) is 4.98 Å². The summed E-state index contributed by atoms with van der Waals surface area (Å²) in [6.45, 7) is 2.61. The first kappa shape index (κ1) is 11.5. The van der Waals surface area contributed by atoms with Crippen LogP contribution in [0.5, 0.6) is 0 Å². The summed E-state index contributed by atoms with van der Waals surface area (Å²) in [7, 11) is 0. The molecule has 0 bridgehead atoms. The predicted molar refractivity (Wildman–Crippen MR) is 60.9 cm³/mol. The molecular formula is C12H18N2O2. The highest BCUT2D eigenvalue weighted by molar-refractivity contribution is 5.03. The smallest absolute Gasteiger partial charge is 0.0815 e.